The fourth-order valence-electron chi connectivity index (χ4n) is 2.96. The van der Waals surface area contributed by atoms with Gasteiger partial charge in [0.15, 0.2) is 0 Å². The molecule has 1 saturated carbocycles. The van der Waals surface area contributed by atoms with Gasteiger partial charge in [-0.15, -0.1) is 0 Å². The van der Waals surface area contributed by atoms with Crippen molar-refractivity contribution in [2.24, 2.45) is 5.92 Å². The van der Waals surface area contributed by atoms with Gasteiger partial charge in [0.05, 0.1) is 12.1 Å². The Morgan fingerprint density at radius 3 is 2.82 bits per heavy atom. The minimum absolute atomic E-state index is 0.130. The van der Waals surface area contributed by atoms with Crippen molar-refractivity contribution in [1.29, 1.82) is 0 Å². The molecule has 0 radical (unpaired) electrons. The molecule has 2 N–H and O–H groups in total. The van der Waals surface area contributed by atoms with Gasteiger partial charge in [0.2, 0.25) is 5.91 Å². The van der Waals surface area contributed by atoms with E-state index in [1.165, 1.54) is 25.7 Å². The molecule has 1 amide bonds. The number of rotatable bonds is 5. The molecule has 1 aliphatic heterocycles. The van der Waals surface area contributed by atoms with Crippen molar-refractivity contribution in [3.05, 3.63) is 0 Å². The average Bonchev–Trinajstić information content (AvgIpc) is 2.97. The lowest BCUT2D eigenvalue weighted by Gasteiger charge is -2.19. The van der Waals surface area contributed by atoms with Crippen LogP contribution in [0.3, 0.4) is 0 Å². The molecular weight excluding hydrogens is 216 g/mol. The fraction of sp³-hybridized carbons (Fsp3) is 0.923. The third-order valence-electron chi connectivity index (χ3n) is 4.06. The summed E-state index contributed by atoms with van der Waals surface area (Å²) in [4.78, 5) is 11.8. The Bertz CT molecular complexity index is 252. The summed E-state index contributed by atoms with van der Waals surface area (Å²) in [5.41, 5.74) is 0. The van der Waals surface area contributed by atoms with E-state index in [1.54, 1.807) is 7.11 Å². The number of amides is 1. The molecule has 98 valence electrons. The van der Waals surface area contributed by atoms with E-state index in [4.69, 9.17) is 4.74 Å². The van der Waals surface area contributed by atoms with Crippen molar-refractivity contribution >= 4 is 5.91 Å². The molecule has 2 aliphatic rings. The van der Waals surface area contributed by atoms with E-state index in [9.17, 15) is 4.79 Å². The predicted octanol–water partition coefficient (Wildman–Crippen LogP) is 1.06. The first-order chi connectivity index (χ1) is 8.29. The van der Waals surface area contributed by atoms with Crippen LogP contribution in [0.1, 0.15) is 38.5 Å². The van der Waals surface area contributed by atoms with Crippen molar-refractivity contribution in [1.82, 2.24) is 10.6 Å². The normalized spacial score (nSPS) is 29.7. The van der Waals surface area contributed by atoms with E-state index in [1.807, 2.05) is 0 Å². The van der Waals surface area contributed by atoms with Crippen LogP contribution >= 0.6 is 0 Å². The SMILES string of the molecule is CO[C@H]1CNCC1NC(=O)CCC1CCCC1. The first kappa shape index (κ1) is 12.8. The van der Waals surface area contributed by atoms with Crippen LogP contribution < -0.4 is 10.6 Å². The maximum atomic E-state index is 11.8. The van der Waals surface area contributed by atoms with Crippen LogP contribution in [0.2, 0.25) is 0 Å². The van der Waals surface area contributed by atoms with E-state index < -0.39 is 0 Å². The fourth-order valence-corrected chi connectivity index (χ4v) is 2.96. The highest BCUT2D eigenvalue weighted by Gasteiger charge is 2.28. The van der Waals surface area contributed by atoms with Crippen LogP contribution in [0.25, 0.3) is 0 Å². The molecule has 2 atom stereocenters. The molecule has 0 aromatic carbocycles. The van der Waals surface area contributed by atoms with E-state index in [2.05, 4.69) is 10.6 Å². The summed E-state index contributed by atoms with van der Waals surface area (Å²) in [7, 11) is 1.70. The van der Waals surface area contributed by atoms with E-state index >= 15 is 0 Å². The Morgan fingerprint density at radius 1 is 1.35 bits per heavy atom. The minimum atomic E-state index is 0.130. The van der Waals surface area contributed by atoms with Gasteiger partial charge in [-0.1, -0.05) is 25.7 Å². The van der Waals surface area contributed by atoms with Gasteiger partial charge < -0.3 is 15.4 Å². The summed E-state index contributed by atoms with van der Waals surface area (Å²) in [5, 5.41) is 6.31. The van der Waals surface area contributed by atoms with E-state index in [-0.39, 0.29) is 18.1 Å². The topological polar surface area (TPSA) is 50.4 Å². The number of hydrogen-bond donors (Lipinski definition) is 2. The zero-order chi connectivity index (χ0) is 12.1. The van der Waals surface area contributed by atoms with Crippen molar-refractivity contribution < 1.29 is 9.53 Å². The third kappa shape index (κ3) is 3.68. The summed E-state index contributed by atoms with van der Waals surface area (Å²) in [6.45, 7) is 1.66. The first-order valence-corrected chi connectivity index (χ1v) is 6.82. The number of hydrogen-bond acceptors (Lipinski definition) is 3. The zero-order valence-electron chi connectivity index (χ0n) is 10.7. The number of methoxy groups -OCH3 is 1. The Labute approximate surface area is 103 Å². The number of ether oxygens (including phenoxy) is 1. The van der Waals surface area contributed by atoms with Crippen LogP contribution in [0, 0.1) is 5.92 Å². The second kappa shape index (κ2) is 6.36. The molecule has 0 bridgehead atoms. The Balaban J connectivity index is 1.65. The van der Waals surface area contributed by atoms with Crippen LogP contribution in [0.5, 0.6) is 0 Å². The summed E-state index contributed by atoms with van der Waals surface area (Å²) in [6, 6.07) is 0.149. The van der Waals surface area contributed by atoms with Gasteiger partial charge in [-0.2, -0.15) is 0 Å². The van der Waals surface area contributed by atoms with E-state index in [0.29, 0.717) is 6.42 Å². The standard InChI is InChI=1S/C13H24N2O2/c1-17-12-9-14-8-11(12)15-13(16)7-6-10-4-2-3-5-10/h10-12,14H,2-9H2,1H3,(H,15,16)/t11?,12-/m0/s1. The lowest BCUT2D eigenvalue weighted by molar-refractivity contribution is -0.122. The number of carbonyl (C=O) groups is 1. The zero-order valence-corrected chi connectivity index (χ0v) is 10.7. The van der Waals surface area contributed by atoms with Gasteiger partial charge >= 0.3 is 0 Å². The number of nitrogens with one attached hydrogen (secondary N) is 2. The maximum absolute atomic E-state index is 11.8. The van der Waals surface area contributed by atoms with Gasteiger partial charge in [0.25, 0.3) is 0 Å². The summed E-state index contributed by atoms with van der Waals surface area (Å²) in [6.07, 6.45) is 7.21. The van der Waals surface area contributed by atoms with Crippen LogP contribution in [0.4, 0.5) is 0 Å². The average molecular weight is 240 g/mol. The van der Waals surface area contributed by atoms with Crippen LogP contribution in [0.15, 0.2) is 0 Å². The maximum Gasteiger partial charge on any atom is 0.220 e. The second-order valence-electron chi connectivity index (χ2n) is 5.30. The lowest BCUT2D eigenvalue weighted by Crippen LogP contribution is -2.43. The van der Waals surface area contributed by atoms with Crippen LogP contribution in [-0.2, 0) is 9.53 Å². The van der Waals surface area contributed by atoms with Gasteiger partial charge in [-0.05, 0) is 12.3 Å². The quantitative estimate of drug-likeness (QED) is 0.755. The predicted molar refractivity (Wildman–Crippen MR) is 66.8 cm³/mol. The van der Waals surface area contributed by atoms with Crippen molar-refractivity contribution in [2.75, 3.05) is 20.2 Å². The smallest absolute Gasteiger partial charge is 0.220 e. The Hall–Kier alpha value is -0.610. The molecule has 1 saturated heterocycles. The van der Waals surface area contributed by atoms with Crippen molar-refractivity contribution in [2.45, 2.75) is 50.7 Å². The molecule has 0 spiro atoms. The summed E-state index contributed by atoms with van der Waals surface area (Å²) < 4.78 is 5.33. The summed E-state index contributed by atoms with van der Waals surface area (Å²) in [5.74, 6) is 0.980. The highest BCUT2D eigenvalue weighted by molar-refractivity contribution is 5.76. The van der Waals surface area contributed by atoms with Gasteiger partial charge in [0.1, 0.15) is 0 Å². The molecule has 1 aliphatic carbocycles. The van der Waals surface area contributed by atoms with Gasteiger partial charge in [-0.25, -0.2) is 0 Å². The lowest BCUT2D eigenvalue weighted by atomic mass is 10.0. The molecule has 1 unspecified atom stereocenters. The molecule has 1 heterocycles. The highest BCUT2D eigenvalue weighted by Crippen LogP contribution is 2.28. The third-order valence-corrected chi connectivity index (χ3v) is 4.06. The van der Waals surface area contributed by atoms with Crippen molar-refractivity contribution in [3.8, 4) is 0 Å². The van der Waals surface area contributed by atoms with E-state index in [0.717, 1.165) is 25.4 Å². The molecule has 4 heteroatoms. The minimum Gasteiger partial charge on any atom is -0.378 e. The molecule has 2 fully saturated rings. The summed E-state index contributed by atoms with van der Waals surface area (Å²) >= 11 is 0. The second-order valence-corrected chi connectivity index (χ2v) is 5.30. The highest BCUT2D eigenvalue weighted by atomic mass is 16.5. The Morgan fingerprint density at radius 2 is 2.12 bits per heavy atom. The van der Waals surface area contributed by atoms with Crippen LogP contribution in [-0.4, -0.2) is 38.3 Å². The van der Waals surface area contributed by atoms with Gasteiger partial charge in [0, 0.05) is 26.6 Å². The van der Waals surface area contributed by atoms with Gasteiger partial charge in [-0.3, -0.25) is 4.79 Å². The van der Waals surface area contributed by atoms with Crippen molar-refractivity contribution in [3.63, 3.8) is 0 Å². The first-order valence-electron chi connectivity index (χ1n) is 6.82. The monoisotopic (exact) mass is 240 g/mol. The molecular formula is C13H24N2O2. The molecule has 2 rings (SSSR count). The molecule has 17 heavy (non-hydrogen) atoms. The Kier molecular flexibility index (Phi) is 4.80. The molecule has 0 aromatic rings. The number of carbonyl (C=O) groups excluding carboxylic acids is 1. The molecule has 0 aromatic heterocycles. The molecule has 4 nitrogen and oxygen atoms in total. The largest absolute Gasteiger partial charge is 0.378 e.